The van der Waals surface area contributed by atoms with Gasteiger partial charge in [-0.15, -0.1) is 0 Å². The lowest BCUT2D eigenvalue weighted by molar-refractivity contribution is 0.0380. The van der Waals surface area contributed by atoms with Crippen LogP contribution in [-0.2, 0) is 11.2 Å². The Balaban J connectivity index is 1.81. The summed E-state index contributed by atoms with van der Waals surface area (Å²) in [6.45, 7) is 1.76. The number of furan rings is 1. The predicted octanol–water partition coefficient (Wildman–Crippen LogP) is 3.79. The number of benzene rings is 1. The van der Waals surface area contributed by atoms with Gasteiger partial charge in [0.05, 0.1) is 7.11 Å². The van der Waals surface area contributed by atoms with Gasteiger partial charge in [0.25, 0.3) is 0 Å². The summed E-state index contributed by atoms with van der Waals surface area (Å²) >= 11 is 0. The molecule has 3 aromatic rings. The molecular formula is C19H14F2N2O4. The highest BCUT2D eigenvalue weighted by molar-refractivity contribution is 5.99. The van der Waals surface area contributed by atoms with E-state index < -0.39 is 23.7 Å². The minimum absolute atomic E-state index is 0.0146. The van der Waals surface area contributed by atoms with Crippen LogP contribution < -0.4 is 4.74 Å². The summed E-state index contributed by atoms with van der Waals surface area (Å²) in [6, 6.07) is 6.54. The topological polar surface area (TPSA) is 74.5 Å². The number of hydrogen-bond donors (Lipinski definition) is 0. The molecule has 0 aliphatic carbocycles. The number of ether oxygens (including phenoxy) is 2. The van der Waals surface area contributed by atoms with Gasteiger partial charge in [-0.3, -0.25) is 0 Å². The Bertz CT molecular complexity index is 1050. The van der Waals surface area contributed by atoms with Crippen molar-refractivity contribution in [2.45, 2.75) is 19.4 Å². The number of aryl methyl sites for hydroxylation is 1. The molecule has 138 valence electrons. The average Bonchev–Trinajstić information content (AvgIpc) is 3.21. The van der Waals surface area contributed by atoms with Crippen molar-refractivity contribution in [2.75, 3.05) is 7.11 Å². The second kappa shape index (κ2) is 6.46. The van der Waals surface area contributed by atoms with Gasteiger partial charge in [-0.05, 0) is 42.8 Å². The van der Waals surface area contributed by atoms with Crippen molar-refractivity contribution in [3.8, 4) is 17.5 Å². The van der Waals surface area contributed by atoms with E-state index in [1.165, 1.54) is 7.11 Å². The van der Waals surface area contributed by atoms with Crippen LogP contribution in [0.25, 0.3) is 11.5 Å². The van der Waals surface area contributed by atoms with E-state index in [-0.39, 0.29) is 34.9 Å². The average molecular weight is 372 g/mol. The second-order valence-electron chi connectivity index (χ2n) is 6.06. The SMILES string of the molecule is COc1nc(-c2ccc(C)o2)c2c(n1)C(Cc1cc(F)ccc1F)OC2=O. The van der Waals surface area contributed by atoms with E-state index in [4.69, 9.17) is 13.9 Å². The lowest BCUT2D eigenvalue weighted by atomic mass is 10.0. The molecule has 6 nitrogen and oxygen atoms in total. The molecule has 0 radical (unpaired) electrons. The van der Waals surface area contributed by atoms with E-state index in [2.05, 4.69) is 9.97 Å². The van der Waals surface area contributed by atoms with E-state index >= 15 is 0 Å². The minimum Gasteiger partial charge on any atom is -0.467 e. The standard InChI is InChI=1S/C19H14F2N2O4/c1-9-3-6-13(26-9)16-15-17(23-19(22-16)25-2)14(27-18(15)24)8-10-7-11(20)4-5-12(10)21/h3-7,14H,8H2,1-2H3. The van der Waals surface area contributed by atoms with Crippen LogP contribution in [0.4, 0.5) is 8.78 Å². The van der Waals surface area contributed by atoms with Crippen molar-refractivity contribution in [3.63, 3.8) is 0 Å². The fourth-order valence-corrected chi connectivity index (χ4v) is 3.00. The van der Waals surface area contributed by atoms with Crippen LogP contribution in [-0.4, -0.2) is 23.0 Å². The van der Waals surface area contributed by atoms with E-state index in [1.54, 1.807) is 19.1 Å². The molecule has 2 aromatic heterocycles. The Hall–Kier alpha value is -3.29. The van der Waals surface area contributed by atoms with Gasteiger partial charge in [0.15, 0.2) is 5.76 Å². The molecule has 0 N–H and O–H groups in total. The van der Waals surface area contributed by atoms with Crippen LogP contribution >= 0.6 is 0 Å². The van der Waals surface area contributed by atoms with Crippen LogP contribution in [0, 0.1) is 18.6 Å². The number of esters is 1. The number of carbonyl (C=O) groups is 1. The molecule has 0 spiro atoms. The fraction of sp³-hybridized carbons (Fsp3) is 0.211. The number of hydrogen-bond acceptors (Lipinski definition) is 6. The second-order valence-corrected chi connectivity index (χ2v) is 6.06. The van der Waals surface area contributed by atoms with Gasteiger partial charge in [0, 0.05) is 6.42 Å². The number of rotatable bonds is 4. The van der Waals surface area contributed by atoms with E-state index in [0.717, 1.165) is 18.2 Å². The number of methoxy groups -OCH3 is 1. The third-order valence-corrected chi connectivity index (χ3v) is 4.24. The molecule has 0 fully saturated rings. The van der Waals surface area contributed by atoms with Crippen LogP contribution in [0.2, 0.25) is 0 Å². The highest BCUT2D eigenvalue weighted by atomic mass is 19.1. The maximum Gasteiger partial charge on any atom is 0.343 e. The summed E-state index contributed by atoms with van der Waals surface area (Å²) in [5.41, 5.74) is 0.692. The highest BCUT2D eigenvalue weighted by Crippen LogP contribution is 2.38. The molecule has 3 heterocycles. The van der Waals surface area contributed by atoms with Gasteiger partial charge in [-0.25, -0.2) is 13.6 Å². The zero-order valence-electron chi connectivity index (χ0n) is 14.5. The molecule has 1 aromatic carbocycles. The Morgan fingerprint density at radius 1 is 1.19 bits per heavy atom. The first-order valence-corrected chi connectivity index (χ1v) is 8.14. The number of nitrogens with zero attached hydrogens (tertiary/aromatic N) is 2. The monoisotopic (exact) mass is 372 g/mol. The van der Waals surface area contributed by atoms with Crippen LogP contribution in [0.5, 0.6) is 6.01 Å². The summed E-state index contributed by atoms with van der Waals surface area (Å²) in [4.78, 5) is 20.9. The Morgan fingerprint density at radius 2 is 2.00 bits per heavy atom. The van der Waals surface area contributed by atoms with Crippen molar-refractivity contribution in [1.29, 1.82) is 0 Å². The minimum atomic E-state index is -0.893. The van der Waals surface area contributed by atoms with E-state index in [0.29, 0.717) is 11.5 Å². The zero-order valence-corrected chi connectivity index (χ0v) is 14.5. The maximum absolute atomic E-state index is 14.0. The Labute approximate surface area is 152 Å². The van der Waals surface area contributed by atoms with Gasteiger partial charge >= 0.3 is 12.0 Å². The number of cyclic esters (lactones) is 1. The third kappa shape index (κ3) is 3.03. The van der Waals surface area contributed by atoms with E-state index in [1.807, 2.05) is 0 Å². The Morgan fingerprint density at radius 3 is 2.70 bits per heavy atom. The molecule has 0 saturated heterocycles. The molecule has 1 unspecified atom stereocenters. The summed E-state index contributed by atoms with van der Waals surface area (Å²) in [7, 11) is 1.39. The molecule has 0 amide bonds. The lowest BCUT2D eigenvalue weighted by Crippen LogP contribution is -2.07. The molecule has 1 aliphatic rings. The third-order valence-electron chi connectivity index (χ3n) is 4.24. The van der Waals surface area contributed by atoms with Gasteiger partial charge in [-0.2, -0.15) is 9.97 Å². The summed E-state index contributed by atoms with van der Waals surface area (Å²) < 4.78 is 43.5. The van der Waals surface area contributed by atoms with Gasteiger partial charge in [0.1, 0.15) is 40.4 Å². The first kappa shape index (κ1) is 17.1. The fourth-order valence-electron chi connectivity index (χ4n) is 3.00. The normalized spacial score (nSPS) is 15.6. The van der Waals surface area contributed by atoms with Crippen LogP contribution in [0.3, 0.4) is 0 Å². The van der Waals surface area contributed by atoms with E-state index in [9.17, 15) is 13.6 Å². The van der Waals surface area contributed by atoms with Gasteiger partial charge in [0.2, 0.25) is 0 Å². The first-order valence-electron chi connectivity index (χ1n) is 8.14. The molecule has 4 rings (SSSR count). The number of fused-ring (bicyclic) bond motifs is 1. The first-order chi connectivity index (χ1) is 13.0. The quantitative estimate of drug-likeness (QED) is 0.649. The van der Waals surface area contributed by atoms with Crippen molar-refractivity contribution in [2.24, 2.45) is 0 Å². The molecule has 0 saturated carbocycles. The van der Waals surface area contributed by atoms with Gasteiger partial charge in [-0.1, -0.05) is 0 Å². The van der Waals surface area contributed by atoms with Crippen molar-refractivity contribution >= 4 is 5.97 Å². The van der Waals surface area contributed by atoms with Crippen LogP contribution in [0.1, 0.15) is 33.5 Å². The maximum atomic E-state index is 14.0. The Kier molecular flexibility index (Phi) is 4.10. The largest absolute Gasteiger partial charge is 0.467 e. The number of carbonyl (C=O) groups excluding carboxylic acids is 1. The van der Waals surface area contributed by atoms with Crippen molar-refractivity contribution < 1.29 is 27.5 Å². The van der Waals surface area contributed by atoms with Crippen LogP contribution in [0.15, 0.2) is 34.7 Å². The molecule has 1 aliphatic heterocycles. The summed E-state index contributed by atoms with van der Waals surface area (Å²) in [5.74, 6) is -0.828. The molecule has 8 heteroatoms. The highest BCUT2D eigenvalue weighted by Gasteiger charge is 2.38. The molecule has 0 bridgehead atoms. The van der Waals surface area contributed by atoms with Gasteiger partial charge < -0.3 is 13.9 Å². The molecular weight excluding hydrogens is 358 g/mol. The lowest BCUT2D eigenvalue weighted by Gasteiger charge is -2.11. The number of halogens is 2. The zero-order chi connectivity index (χ0) is 19.1. The summed E-state index contributed by atoms with van der Waals surface area (Å²) in [6.07, 6.45) is -0.963. The number of aromatic nitrogens is 2. The summed E-state index contributed by atoms with van der Waals surface area (Å²) in [5, 5.41) is 0. The smallest absolute Gasteiger partial charge is 0.343 e. The van der Waals surface area contributed by atoms with Crippen molar-refractivity contribution in [3.05, 3.63) is 64.5 Å². The molecule has 1 atom stereocenters. The molecule has 27 heavy (non-hydrogen) atoms. The predicted molar refractivity (Wildman–Crippen MR) is 89.2 cm³/mol. The van der Waals surface area contributed by atoms with Crippen molar-refractivity contribution in [1.82, 2.24) is 9.97 Å².